The van der Waals surface area contributed by atoms with Crippen molar-refractivity contribution < 1.29 is 13.2 Å². The van der Waals surface area contributed by atoms with Gasteiger partial charge in [-0.2, -0.15) is 0 Å². The summed E-state index contributed by atoms with van der Waals surface area (Å²) in [6.45, 7) is 0. The van der Waals surface area contributed by atoms with Crippen molar-refractivity contribution >= 4 is 31.7 Å². The highest BCUT2D eigenvalue weighted by atomic mass is 79.9. The molecule has 1 rings (SSSR count). The summed E-state index contributed by atoms with van der Waals surface area (Å²) >= 11 is 3.38. The third kappa shape index (κ3) is 6.20. The van der Waals surface area contributed by atoms with Gasteiger partial charge in [0.15, 0.2) is 0 Å². The molecule has 0 spiro atoms. The molecule has 0 fully saturated rings. The Labute approximate surface area is 122 Å². The van der Waals surface area contributed by atoms with Crippen LogP contribution < -0.4 is 5.32 Å². The van der Waals surface area contributed by atoms with Crippen molar-refractivity contribution in [2.45, 2.75) is 12.8 Å². The zero-order chi connectivity index (χ0) is 14.5. The predicted molar refractivity (Wildman–Crippen MR) is 79.7 cm³/mol. The number of hydrogen-bond donors (Lipinski definition) is 1. The van der Waals surface area contributed by atoms with Crippen LogP contribution >= 0.6 is 15.9 Å². The highest BCUT2D eigenvalue weighted by molar-refractivity contribution is 9.10. The van der Waals surface area contributed by atoms with Crippen molar-refractivity contribution in [3.63, 3.8) is 0 Å². The highest BCUT2D eigenvalue weighted by Gasteiger charge is 2.19. The molecule has 0 aliphatic rings. The summed E-state index contributed by atoms with van der Waals surface area (Å²) in [5, 5.41) is 2.59. The summed E-state index contributed by atoms with van der Waals surface area (Å²) < 4.78 is 23.4. The van der Waals surface area contributed by atoms with Gasteiger partial charge in [0.1, 0.15) is 9.84 Å². The number of halogens is 1. The number of hydrogen-bond acceptors (Lipinski definition) is 3. The van der Waals surface area contributed by atoms with Crippen LogP contribution in [0.1, 0.15) is 12.0 Å². The molecule has 0 saturated carbocycles. The molecule has 0 aliphatic heterocycles. The first kappa shape index (κ1) is 16.2. The molecular weight excluding hydrogens is 330 g/mol. The standard InChI is InChI=1S/C13H18BrNO3S/c1-15-13(16)11(6-7-19(2,17)18)8-10-4-3-5-12(14)9-10/h3-5,9,11H,6-8H2,1-2H3,(H,15,16)/t11-/m1/s1. The number of amides is 1. The Morgan fingerprint density at radius 3 is 2.63 bits per heavy atom. The van der Waals surface area contributed by atoms with Crippen molar-refractivity contribution in [2.75, 3.05) is 19.1 Å². The second-order valence-electron chi connectivity index (χ2n) is 4.56. The van der Waals surface area contributed by atoms with E-state index >= 15 is 0 Å². The van der Waals surface area contributed by atoms with Crippen molar-refractivity contribution in [3.8, 4) is 0 Å². The molecule has 0 aliphatic carbocycles. The Balaban J connectivity index is 2.77. The van der Waals surface area contributed by atoms with E-state index in [0.717, 1.165) is 10.0 Å². The summed E-state index contributed by atoms with van der Waals surface area (Å²) in [5.41, 5.74) is 1.01. The molecule has 19 heavy (non-hydrogen) atoms. The lowest BCUT2D eigenvalue weighted by Crippen LogP contribution is -2.30. The van der Waals surface area contributed by atoms with E-state index in [1.165, 1.54) is 6.26 Å². The molecule has 4 nitrogen and oxygen atoms in total. The molecule has 0 bridgehead atoms. The fraction of sp³-hybridized carbons (Fsp3) is 0.462. The molecule has 0 aromatic heterocycles. The summed E-state index contributed by atoms with van der Waals surface area (Å²) in [6, 6.07) is 7.68. The topological polar surface area (TPSA) is 63.2 Å². The minimum atomic E-state index is -3.05. The average molecular weight is 348 g/mol. The predicted octanol–water partition coefficient (Wildman–Crippen LogP) is 1.79. The first-order valence-electron chi connectivity index (χ1n) is 5.95. The second-order valence-corrected chi connectivity index (χ2v) is 7.74. The van der Waals surface area contributed by atoms with Crippen LogP contribution in [-0.4, -0.2) is 33.4 Å². The number of nitrogens with one attached hydrogen (secondary N) is 1. The maximum absolute atomic E-state index is 11.8. The van der Waals surface area contributed by atoms with E-state index in [2.05, 4.69) is 21.2 Å². The molecular formula is C13H18BrNO3S. The van der Waals surface area contributed by atoms with Crippen LogP contribution in [0, 0.1) is 5.92 Å². The maximum Gasteiger partial charge on any atom is 0.223 e. The second kappa shape index (κ2) is 7.05. The van der Waals surface area contributed by atoms with Gasteiger partial charge in [0.2, 0.25) is 5.91 Å². The van der Waals surface area contributed by atoms with Gasteiger partial charge < -0.3 is 5.32 Å². The molecule has 1 aromatic carbocycles. The van der Waals surface area contributed by atoms with Gasteiger partial charge in [-0.05, 0) is 30.5 Å². The van der Waals surface area contributed by atoms with Crippen LogP contribution in [0.3, 0.4) is 0 Å². The van der Waals surface area contributed by atoms with Crippen LogP contribution in [0.5, 0.6) is 0 Å². The van der Waals surface area contributed by atoms with Crippen molar-refractivity contribution in [1.82, 2.24) is 5.32 Å². The summed E-state index contributed by atoms with van der Waals surface area (Å²) in [6.07, 6.45) is 2.06. The summed E-state index contributed by atoms with van der Waals surface area (Å²) in [4.78, 5) is 11.8. The van der Waals surface area contributed by atoms with Gasteiger partial charge in [0.25, 0.3) is 0 Å². The van der Waals surface area contributed by atoms with Gasteiger partial charge in [-0.1, -0.05) is 28.1 Å². The molecule has 1 aromatic rings. The zero-order valence-electron chi connectivity index (χ0n) is 11.0. The number of sulfone groups is 1. The summed E-state index contributed by atoms with van der Waals surface area (Å²) in [5.74, 6) is -0.420. The van der Waals surface area contributed by atoms with Gasteiger partial charge in [-0.15, -0.1) is 0 Å². The quantitative estimate of drug-likeness (QED) is 0.853. The molecule has 0 saturated heterocycles. The van der Waals surface area contributed by atoms with E-state index in [1.807, 2.05) is 24.3 Å². The van der Waals surface area contributed by atoms with Gasteiger partial charge in [0, 0.05) is 23.7 Å². The van der Waals surface area contributed by atoms with Gasteiger partial charge in [0.05, 0.1) is 5.75 Å². The van der Waals surface area contributed by atoms with Crippen LogP contribution in [0.25, 0.3) is 0 Å². The molecule has 106 valence electrons. The Hall–Kier alpha value is -0.880. The van der Waals surface area contributed by atoms with Crippen LogP contribution in [0.2, 0.25) is 0 Å². The SMILES string of the molecule is CNC(=O)[C@H](CCS(C)(=O)=O)Cc1cccc(Br)c1. The lowest BCUT2D eigenvalue weighted by molar-refractivity contribution is -0.124. The zero-order valence-corrected chi connectivity index (χ0v) is 13.4. The Kier molecular flexibility index (Phi) is 6.00. The number of carbonyl (C=O) groups is 1. The van der Waals surface area contributed by atoms with Gasteiger partial charge in [-0.3, -0.25) is 4.79 Å². The van der Waals surface area contributed by atoms with Crippen LogP contribution in [0.4, 0.5) is 0 Å². The van der Waals surface area contributed by atoms with Crippen LogP contribution in [0.15, 0.2) is 28.7 Å². The van der Waals surface area contributed by atoms with Gasteiger partial charge >= 0.3 is 0 Å². The van der Waals surface area contributed by atoms with Crippen LogP contribution in [-0.2, 0) is 21.1 Å². The van der Waals surface area contributed by atoms with E-state index in [0.29, 0.717) is 12.8 Å². The monoisotopic (exact) mass is 347 g/mol. The number of rotatable bonds is 6. The number of carbonyl (C=O) groups excluding carboxylic acids is 1. The maximum atomic E-state index is 11.8. The van der Waals surface area contributed by atoms with E-state index < -0.39 is 9.84 Å². The van der Waals surface area contributed by atoms with E-state index in [-0.39, 0.29) is 17.6 Å². The van der Waals surface area contributed by atoms with Crippen molar-refractivity contribution in [1.29, 1.82) is 0 Å². The summed E-state index contributed by atoms with van der Waals surface area (Å²) in [7, 11) is -1.48. The fourth-order valence-electron chi connectivity index (χ4n) is 1.83. The molecule has 0 radical (unpaired) electrons. The molecule has 6 heteroatoms. The largest absolute Gasteiger partial charge is 0.359 e. The minimum absolute atomic E-state index is 0.0269. The van der Waals surface area contributed by atoms with Crippen molar-refractivity contribution in [2.24, 2.45) is 5.92 Å². The third-order valence-electron chi connectivity index (χ3n) is 2.83. The minimum Gasteiger partial charge on any atom is -0.359 e. The molecule has 0 heterocycles. The first-order chi connectivity index (χ1) is 8.81. The van der Waals surface area contributed by atoms with Crippen molar-refractivity contribution in [3.05, 3.63) is 34.3 Å². The Morgan fingerprint density at radius 2 is 2.11 bits per heavy atom. The molecule has 1 N–H and O–H groups in total. The normalized spacial score (nSPS) is 13.0. The molecule has 1 amide bonds. The van der Waals surface area contributed by atoms with Gasteiger partial charge in [-0.25, -0.2) is 8.42 Å². The Morgan fingerprint density at radius 1 is 1.42 bits per heavy atom. The smallest absolute Gasteiger partial charge is 0.223 e. The first-order valence-corrected chi connectivity index (χ1v) is 8.81. The van der Waals surface area contributed by atoms with E-state index in [4.69, 9.17) is 0 Å². The van der Waals surface area contributed by atoms with E-state index in [1.54, 1.807) is 7.05 Å². The highest BCUT2D eigenvalue weighted by Crippen LogP contribution is 2.17. The Bertz CT molecular complexity index is 543. The molecule has 0 unspecified atom stereocenters. The molecule has 1 atom stereocenters. The number of benzene rings is 1. The average Bonchev–Trinajstić information content (AvgIpc) is 2.32. The third-order valence-corrected chi connectivity index (χ3v) is 4.30. The van der Waals surface area contributed by atoms with E-state index in [9.17, 15) is 13.2 Å². The lowest BCUT2D eigenvalue weighted by atomic mass is 9.96. The lowest BCUT2D eigenvalue weighted by Gasteiger charge is -2.15. The fourth-order valence-corrected chi connectivity index (χ4v) is 2.99.